The number of ether oxygens (including phenoxy) is 1. The lowest BCUT2D eigenvalue weighted by Crippen LogP contribution is -2.07. The summed E-state index contributed by atoms with van der Waals surface area (Å²) < 4.78 is 5.33. The summed E-state index contributed by atoms with van der Waals surface area (Å²) in [5.74, 6) is 1.11. The average Bonchev–Trinajstić information content (AvgIpc) is 1.85. The van der Waals surface area contributed by atoms with Gasteiger partial charge in [-0.2, -0.15) is 0 Å². The Kier molecular flexibility index (Phi) is 2.38. The van der Waals surface area contributed by atoms with Gasteiger partial charge in [0.2, 0.25) is 0 Å². The third-order valence-corrected chi connectivity index (χ3v) is 1.50. The fraction of sp³-hybridized carbons (Fsp3) is 0.600. The van der Waals surface area contributed by atoms with Gasteiger partial charge in [0.1, 0.15) is 0 Å². The predicted octanol–water partition coefficient (Wildman–Crippen LogP) is 3.24. The Morgan fingerprint density at radius 1 is 1.45 bits per heavy atom. The van der Waals surface area contributed by atoms with Gasteiger partial charge in [0.25, 0.3) is 0 Å². The molecule has 1 heteroatoms. The van der Waals surface area contributed by atoms with Crippen LogP contribution in [0.3, 0.4) is 0 Å². The normalized spacial score (nSPS) is 17.5. The van der Waals surface area contributed by atoms with Gasteiger partial charge in [-0.25, -0.2) is 0 Å². The molecule has 1 aliphatic heterocycles. The Morgan fingerprint density at radius 3 is 2.64 bits per heavy atom. The van der Waals surface area contributed by atoms with Crippen LogP contribution in [0.15, 0.2) is 24.2 Å². The first-order chi connectivity index (χ1) is 5.08. The third-order valence-electron chi connectivity index (χ3n) is 1.50. The van der Waals surface area contributed by atoms with E-state index in [2.05, 4.69) is 26.8 Å². The van der Waals surface area contributed by atoms with E-state index in [4.69, 9.17) is 4.74 Å². The van der Waals surface area contributed by atoms with E-state index in [0.29, 0.717) is 5.41 Å². The first kappa shape index (κ1) is 8.38. The monoisotopic (exact) mass is 152 g/mol. The fourth-order valence-electron chi connectivity index (χ4n) is 1.08. The van der Waals surface area contributed by atoms with E-state index in [9.17, 15) is 0 Å². The number of hydrogen-bond donors (Lipinski definition) is 0. The molecule has 0 spiro atoms. The van der Waals surface area contributed by atoms with Crippen LogP contribution in [0.2, 0.25) is 0 Å². The Morgan fingerprint density at radius 2 is 2.18 bits per heavy atom. The predicted molar refractivity (Wildman–Crippen MR) is 47.0 cm³/mol. The highest BCUT2D eigenvalue weighted by atomic mass is 16.5. The summed E-state index contributed by atoms with van der Waals surface area (Å²) in [5.41, 5.74) is 0.330. The van der Waals surface area contributed by atoms with Crippen molar-refractivity contribution in [2.24, 2.45) is 5.41 Å². The van der Waals surface area contributed by atoms with E-state index in [0.717, 1.165) is 18.6 Å². The topological polar surface area (TPSA) is 9.23 Å². The Labute approximate surface area is 68.8 Å². The molecule has 0 amide bonds. The van der Waals surface area contributed by atoms with Crippen LogP contribution < -0.4 is 0 Å². The molecule has 0 N–H and O–H groups in total. The molecule has 0 aromatic heterocycles. The van der Waals surface area contributed by atoms with Crippen LogP contribution in [0.5, 0.6) is 0 Å². The maximum Gasteiger partial charge on any atom is 0.1000 e. The van der Waals surface area contributed by atoms with Gasteiger partial charge in [-0.05, 0) is 24.0 Å². The number of hydrogen-bond acceptors (Lipinski definition) is 1. The van der Waals surface area contributed by atoms with Gasteiger partial charge in [-0.1, -0.05) is 20.8 Å². The molecule has 62 valence electrons. The second-order valence-corrected chi connectivity index (χ2v) is 4.13. The van der Waals surface area contributed by atoms with Crippen molar-refractivity contribution in [2.45, 2.75) is 33.6 Å². The molecule has 1 nitrogen and oxygen atoms in total. The lowest BCUT2D eigenvalue weighted by Gasteiger charge is -2.20. The first-order valence-electron chi connectivity index (χ1n) is 4.09. The van der Waals surface area contributed by atoms with Crippen molar-refractivity contribution in [1.29, 1.82) is 0 Å². The van der Waals surface area contributed by atoms with Gasteiger partial charge < -0.3 is 4.74 Å². The molecule has 0 aromatic rings. The Bertz CT molecular complexity index is 182. The second kappa shape index (κ2) is 3.12. The van der Waals surface area contributed by atoms with Crippen molar-refractivity contribution in [1.82, 2.24) is 0 Å². The lowest BCUT2D eigenvalue weighted by molar-refractivity contribution is 0.269. The van der Waals surface area contributed by atoms with E-state index < -0.39 is 0 Å². The molecule has 0 aliphatic carbocycles. The maximum absolute atomic E-state index is 5.33. The van der Waals surface area contributed by atoms with Crippen molar-refractivity contribution >= 4 is 0 Å². The summed E-state index contributed by atoms with van der Waals surface area (Å²) in [6, 6.07) is 0. The first-order valence-corrected chi connectivity index (χ1v) is 4.09. The van der Waals surface area contributed by atoms with Crippen LogP contribution in [0.1, 0.15) is 33.6 Å². The molecule has 0 atom stereocenters. The van der Waals surface area contributed by atoms with E-state index >= 15 is 0 Å². The van der Waals surface area contributed by atoms with Gasteiger partial charge in [0, 0.05) is 6.42 Å². The quantitative estimate of drug-likeness (QED) is 0.560. The Balaban J connectivity index is 2.44. The molecule has 0 unspecified atom stereocenters. The molecule has 0 fully saturated rings. The van der Waals surface area contributed by atoms with Crippen LogP contribution in [-0.2, 0) is 4.74 Å². The molecule has 1 aliphatic rings. The zero-order chi connectivity index (χ0) is 8.32. The van der Waals surface area contributed by atoms with Gasteiger partial charge in [0.15, 0.2) is 0 Å². The highest BCUT2D eigenvalue weighted by molar-refractivity contribution is 5.05. The summed E-state index contributed by atoms with van der Waals surface area (Å²) in [7, 11) is 0. The van der Waals surface area contributed by atoms with E-state index in [-0.39, 0.29) is 0 Å². The maximum atomic E-state index is 5.33. The fourth-order valence-corrected chi connectivity index (χ4v) is 1.08. The summed E-state index contributed by atoms with van der Waals surface area (Å²) in [5, 5.41) is 0. The summed E-state index contributed by atoms with van der Waals surface area (Å²) in [6.07, 6.45) is 7.99. The summed E-state index contributed by atoms with van der Waals surface area (Å²) in [4.78, 5) is 0. The minimum atomic E-state index is 0.330. The molecule has 0 saturated heterocycles. The lowest BCUT2D eigenvalue weighted by atomic mass is 9.91. The molecule has 0 bridgehead atoms. The highest BCUT2D eigenvalue weighted by Crippen LogP contribution is 2.26. The van der Waals surface area contributed by atoms with Gasteiger partial charge in [0.05, 0.1) is 12.0 Å². The van der Waals surface area contributed by atoms with E-state index in [1.54, 1.807) is 6.26 Å². The van der Waals surface area contributed by atoms with Crippen LogP contribution in [-0.4, -0.2) is 0 Å². The molecule has 11 heavy (non-hydrogen) atoms. The van der Waals surface area contributed by atoms with Crippen LogP contribution in [0.25, 0.3) is 0 Å². The molecule has 0 radical (unpaired) electrons. The zero-order valence-corrected chi connectivity index (χ0v) is 7.55. The molecule has 0 aromatic carbocycles. The zero-order valence-electron chi connectivity index (χ0n) is 7.55. The molecular formula is C10H16O. The van der Waals surface area contributed by atoms with Crippen molar-refractivity contribution in [3.8, 4) is 0 Å². The van der Waals surface area contributed by atoms with Gasteiger partial charge >= 0.3 is 0 Å². The molecule has 0 saturated carbocycles. The molecular weight excluding hydrogens is 136 g/mol. The third kappa shape index (κ3) is 3.26. The van der Waals surface area contributed by atoms with Crippen molar-refractivity contribution in [2.75, 3.05) is 0 Å². The van der Waals surface area contributed by atoms with E-state index in [1.807, 2.05) is 6.08 Å². The van der Waals surface area contributed by atoms with Crippen molar-refractivity contribution < 1.29 is 4.74 Å². The molecule has 1 rings (SSSR count). The molecule has 1 heterocycles. The standard InChI is InChI=1S/C10H16O/c1-10(2,3)8-9-6-4-5-7-11-9/h5-7H,4,8H2,1-3H3. The summed E-state index contributed by atoms with van der Waals surface area (Å²) >= 11 is 0. The Hall–Kier alpha value is -0.720. The van der Waals surface area contributed by atoms with Crippen LogP contribution in [0.4, 0.5) is 0 Å². The number of allylic oxidation sites excluding steroid dienone is 3. The van der Waals surface area contributed by atoms with E-state index in [1.165, 1.54) is 0 Å². The van der Waals surface area contributed by atoms with Crippen molar-refractivity contribution in [3.05, 3.63) is 24.2 Å². The average molecular weight is 152 g/mol. The second-order valence-electron chi connectivity index (χ2n) is 4.13. The number of rotatable bonds is 1. The van der Waals surface area contributed by atoms with Gasteiger partial charge in [-0.3, -0.25) is 0 Å². The highest BCUT2D eigenvalue weighted by Gasteiger charge is 2.14. The smallest absolute Gasteiger partial charge is 0.1000 e. The van der Waals surface area contributed by atoms with Crippen LogP contribution >= 0.6 is 0 Å². The SMILES string of the molecule is CC(C)(C)CC1=CCC=CO1. The minimum absolute atomic E-state index is 0.330. The van der Waals surface area contributed by atoms with Crippen LogP contribution in [0, 0.1) is 5.41 Å². The summed E-state index contributed by atoms with van der Waals surface area (Å²) in [6.45, 7) is 6.65. The minimum Gasteiger partial charge on any atom is -0.470 e. The van der Waals surface area contributed by atoms with Crippen molar-refractivity contribution in [3.63, 3.8) is 0 Å². The van der Waals surface area contributed by atoms with Gasteiger partial charge in [-0.15, -0.1) is 0 Å². The largest absolute Gasteiger partial charge is 0.470 e.